The number of thiazole rings is 1. The second-order valence-corrected chi connectivity index (χ2v) is 10.2. The third-order valence-electron chi connectivity index (χ3n) is 6.45. The fourth-order valence-corrected chi connectivity index (χ4v) is 5.94. The Hall–Kier alpha value is -4.43. The van der Waals surface area contributed by atoms with Gasteiger partial charge in [-0.3, -0.25) is 14.5 Å². The molecular weight excluding hydrogens is 512 g/mol. The van der Waals surface area contributed by atoms with Crippen LogP contribution >= 0.6 is 11.3 Å². The Balaban J connectivity index is 1.69. The van der Waals surface area contributed by atoms with Gasteiger partial charge in [0.15, 0.2) is 5.13 Å². The van der Waals surface area contributed by atoms with Crippen LogP contribution in [0.15, 0.2) is 78.9 Å². The zero-order valence-corrected chi connectivity index (χ0v) is 22.7. The lowest BCUT2D eigenvalue weighted by Gasteiger charge is -2.23. The molecule has 0 radical (unpaired) electrons. The van der Waals surface area contributed by atoms with Gasteiger partial charge in [0, 0.05) is 5.56 Å². The number of amides is 1. The van der Waals surface area contributed by atoms with E-state index in [-0.39, 0.29) is 11.3 Å². The number of rotatable bonds is 8. The number of carbonyl (C=O) groups is 2. The summed E-state index contributed by atoms with van der Waals surface area (Å²) in [5.41, 5.74) is 3.82. The molecule has 0 saturated carbocycles. The van der Waals surface area contributed by atoms with Crippen molar-refractivity contribution in [1.29, 1.82) is 0 Å². The molecule has 1 fully saturated rings. The van der Waals surface area contributed by atoms with Crippen molar-refractivity contribution in [2.24, 2.45) is 0 Å². The van der Waals surface area contributed by atoms with Crippen molar-refractivity contribution in [2.75, 3.05) is 18.1 Å². The number of Topliss-reactive ketones (excluding diaryl/α,β-unsaturated/α-hetero) is 1. The molecule has 1 aliphatic rings. The van der Waals surface area contributed by atoms with Crippen molar-refractivity contribution >= 4 is 44.1 Å². The van der Waals surface area contributed by atoms with E-state index in [1.807, 2.05) is 32.9 Å². The Labute approximate surface area is 230 Å². The largest absolute Gasteiger partial charge is 0.507 e. The maximum Gasteiger partial charge on any atom is 0.301 e. The molecular formula is C31H28N2O5S. The predicted molar refractivity (Wildman–Crippen MR) is 154 cm³/mol. The first-order valence-electron chi connectivity index (χ1n) is 12.6. The van der Waals surface area contributed by atoms with Crippen LogP contribution in [0, 0.1) is 13.8 Å². The zero-order chi connectivity index (χ0) is 27.7. The maximum atomic E-state index is 13.6. The third-order valence-corrected chi connectivity index (χ3v) is 7.45. The molecule has 4 aromatic rings. The molecule has 1 amide bonds. The fourth-order valence-electron chi connectivity index (χ4n) is 4.77. The molecule has 7 nitrogen and oxygen atoms in total. The molecule has 1 aromatic heterocycles. The average Bonchev–Trinajstić information content (AvgIpc) is 3.46. The van der Waals surface area contributed by atoms with E-state index >= 15 is 0 Å². The van der Waals surface area contributed by atoms with E-state index in [1.165, 1.54) is 16.2 Å². The van der Waals surface area contributed by atoms with Crippen LogP contribution in [0.5, 0.6) is 11.5 Å². The van der Waals surface area contributed by atoms with Crippen LogP contribution in [0.25, 0.3) is 16.0 Å². The van der Waals surface area contributed by atoms with Crippen molar-refractivity contribution in [3.05, 3.63) is 101 Å². The monoisotopic (exact) mass is 540 g/mol. The van der Waals surface area contributed by atoms with Gasteiger partial charge in [-0.1, -0.05) is 42.2 Å². The highest BCUT2D eigenvalue weighted by molar-refractivity contribution is 7.22. The molecule has 1 saturated heterocycles. The molecule has 0 bridgehead atoms. The van der Waals surface area contributed by atoms with Crippen LogP contribution in [-0.2, 0) is 9.59 Å². The standard InChI is InChI=1S/C31H28N2O5S/c1-5-14-38-23-9-7-8-21(17-23)27-25(28(34)20-10-12-22(13-11-20)37-6-2)29(35)30(36)33(27)31-32-26-19(4)15-18(3)16-24(26)39-31/h5,7-13,15-17,27,34H,1,6,14H2,2-4H3/b28-25+. The number of aromatic nitrogens is 1. The first-order chi connectivity index (χ1) is 18.8. The highest BCUT2D eigenvalue weighted by atomic mass is 32.1. The van der Waals surface area contributed by atoms with E-state index in [2.05, 4.69) is 6.58 Å². The van der Waals surface area contributed by atoms with E-state index in [1.54, 1.807) is 54.6 Å². The van der Waals surface area contributed by atoms with Crippen LogP contribution in [0.2, 0.25) is 0 Å². The molecule has 39 heavy (non-hydrogen) atoms. The van der Waals surface area contributed by atoms with Crippen molar-refractivity contribution < 1.29 is 24.2 Å². The number of hydrogen-bond donors (Lipinski definition) is 1. The molecule has 0 spiro atoms. The van der Waals surface area contributed by atoms with Crippen LogP contribution in [0.3, 0.4) is 0 Å². The number of hydrogen-bond acceptors (Lipinski definition) is 7. The summed E-state index contributed by atoms with van der Waals surface area (Å²) in [5.74, 6) is -0.614. The normalized spacial score (nSPS) is 16.6. The molecule has 1 unspecified atom stereocenters. The zero-order valence-electron chi connectivity index (χ0n) is 21.9. The van der Waals surface area contributed by atoms with Crippen LogP contribution in [0.1, 0.15) is 35.2 Å². The van der Waals surface area contributed by atoms with Gasteiger partial charge in [0.05, 0.1) is 28.4 Å². The maximum absolute atomic E-state index is 13.6. The second-order valence-electron chi connectivity index (χ2n) is 9.22. The number of ketones is 1. The van der Waals surface area contributed by atoms with Gasteiger partial charge in [-0.25, -0.2) is 4.98 Å². The summed E-state index contributed by atoms with van der Waals surface area (Å²) in [6, 6.07) is 17.0. The van der Waals surface area contributed by atoms with E-state index in [9.17, 15) is 14.7 Å². The van der Waals surface area contributed by atoms with Crippen molar-refractivity contribution in [3.8, 4) is 11.5 Å². The Bertz CT molecular complexity index is 1620. The van der Waals surface area contributed by atoms with Gasteiger partial charge < -0.3 is 14.6 Å². The lowest BCUT2D eigenvalue weighted by atomic mass is 9.95. The Morgan fingerprint density at radius 3 is 2.56 bits per heavy atom. The molecule has 5 rings (SSSR count). The Kier molecular flexibility index (Phi) is 7.21. The van der Waals surface area contributed by atoms with Crippen LogP contribution in [-0.4, -0.2) is 35.0 Å². The van der Waals surface area contributed by atoms with E-state index in [0.29, 0.717) is 41.0 Å². The minimum atomic E-state index is -0.911. The van der Waals surface area contributed by atoms with Gasteiger partial charge in [0.25, 0.3) is 5.78 Å². The van der Waals surface area contributed by atoms with Crippen molar-refractivity contribution in [3.63, 3.8) is 0 Å². The topological polar surface area (TPSA) is 89.0 Å². The first-order valence-corrected chi connectivity index (χ1v) is 13.4. The third kappa shape index (κ3) is 4.91. The van der Waals surface area contributed by atoms with Gasteiger partial charge in [-0.05, 0) is 79.9 Å². The summed E-state index contributed by atoms with van der Waals surface area (Å²) in [7, 11) is 0. The summed E-state index contributed by atoms with van der Waals surface area (Å²) in [5, 5.41) is 11.8. The Morgan fingerprint density at radius 2 is 1.85 bits per heavy atom. The van der Waals surface area contributed by atoms with Crippen LogP contribution in [0.4, 0.5) is 5.13 Å². The smallest absolute Gasteiger partial charge is 0.301 e. The highest BCUT2D eigenvalue weighted by Crippen LogP contribution is 2.45. The minimum Gasteiger partial charge on any atom is -0.507 e. The van der Waals surface area contributed by atoms with Crippen molar-refractivity contribution in [1.82, 2.24) is 4.98 Å². The summed E-state index contributed by atoms with van der Waals surface area (Å²) in [6.45, 7) is 10.3. The molecule has 0 aliphatic carbocycles. The van der Waals surface area contributed by atoms with Gasteiger partial charge in [0.1, 0.15) is 23.9 Å². The summed E-state index contributed by atoms with van der Waals surface area (Å²) in [4.78, 5) is 33.3. The van der Waals surface area contributed by atoms with Crippen LogP contribution < -0.4 is 14.4 Å². The average molecular weight is 541 g/mol. The van der Waals surface area contributed by atoms with Gasteiger partial charge >= 0.3 is 5.91 Å². The molecule has 2 heterocycles. The number of benzene rings is 3. The van der Waals surface area contributed by atoms with Gasteiger partial charge in [-0.2, -0.15) is 0 Å². The molecule has 3 aromatic carbocycles. The molecule has 198 valence electrons. The SMILES string of the molecule is C=CCOc1cccc(C2/C(=C(\O)c3ccc(OCC)cc3)C(=O)C(=O)N2c2nc3c(C)cc(C)cc3s2)c1. The van der Waals surface area contributed by atoms with E-state index in [4.69, 9.17) is 14.5 Å². The Morgan fingerprint density at radius 1 is 1.08 bits per heavy atom. The lowest BCUT2D eigenvalue weighted by molar-refractivity contribution is -0.132. The van der Waals surface area contributed by atoms with E-state index < -0.39 is 17.7 Å². The molecule has 1 N–H and O–H groups in total. The number of nitrogens with zero attached hydrogens (tertiary/aromatic N) is 2. The lowest BCUT2D eigenvalue weighted by Crippen LogP contribution is -2.29. The number of aliphatic hydroxyl groups is 1. The summed E-state index contributed by atoms with van der Waals surface area (Å²) in [6.07, 6.45) is 1.64. The number of aryl methyl sites for hydroxylation is 2. The predicted octanol–water partition coefficient (Wildman–Crippen LogP) is 6.50. The quantitative estimate of drug-likeness (QED) is 0.119. The number of aliphatic hydroxyl groups excluding tert-OH is 1. The molecule has 8 heteroatoms. The number of anilines is 1. The first kappa shape index (κ1) is 26.2. The number of ether oxygens (including phenoxy) is 2. The van der Waals surface area contributed by atoms with E-state index in [0.717, 1.165) is 21.3 Å². The van der Waals surface area contributed by atoms with Gasteiger partial charge in [0.2, 0.25) is 0 Å². The minimum absolute atomic E-state index is 0.0165. The van der Waals surface area contributed by atoms with Crippen molar-refractivity contribution in [2.45, 2.75) is 26.8 Å². The number of fused-ring (bicyclic) bond motifs is 1. The fraction of sp³-hybridized carbons (Fsp3) is 0.194. The number of carbonyl (C=O) groups excluding carboxylic acids is 2. The molecule has 1 aliphatic heterocycles. The highest BCUT2D eigenvalue weighted by Gasteiger charge is 2.48. The molecule has 1 atom stereocenters. The summed E-state index contributed by atoms with van der Waals surface area (Å²) < 4.78 is 12.2. The summed E-state index contributed by atoms with van der Waals surface area (Å²) >= 11 is 1.34. The second kappa shape index (κ2) is 10.7. The van der Waals surface area contributed by atoms with Gasteiger partial charge in [-0.15, -0.1) is 0 Å².